The van der Waals surface area contributed by atoms with Gasteiger partial charge in [-0.25, -0.2) is 0 Å². The van der Waals surface area contributed by atoms with E-state index in [1.807, 2.05) is 0 Å². The van der Waals surface area contributed by atoms with Crippen molar-refractivity contribution in [3.63, 3.8) is 0 Å². The third-order valence-electron chi connectivity index (χ3n) is 6.85. The van der Waals surface area contributed by atoms with Gasteiger partial charge in [-0.2, -0.15) is 13.2 Å². The van der Waals surface area contributed by atoms with Crippen molar-refractivity contribution >= 4 is 0 Å². The first-order valence-electron chi connectivity index (χ1n) is 12.3. The van der Waals surface area contributed by atoms with Gasteiger partial charge < -0.3 is 4.74 Å². The zero-order chi connectivity index (χ0) is 22.8. The van der Waals surface area contributed by atoms with E-state index < -0.39 is 11.7 Å². The lowest BCUT2D eigenvalue weighted by molar-refractivity contribution is -0.137. The van der Waals surface area contributed by atoms with Crippen LogP contribution >= 0.6 is 0 Å². The first-order valence-corrected chi connectivity index (χ1v) is 12.3. The van der Waals surface area contributed by atoms with Crippen LogP contribution in [-0.4, -0.2) is 0 Å². The van der Waals surface area contributed by atoms with Crippen molar-refractivity contribution in [2.45, 2.75) is 96.3 Å². The Hall–Kier alpha value is -1.97. The highest BCUT2D eigenvalue weighted by atomic mass is 19.4. The Morgan fingerprint density at radius 1 is 0.781 bits per heavy atom. The van der Waals surface area contributed by atoms with Gasteiger partial charge in [0.2, 0.25) is 0 Å². The molecule has 0 spiro atoms. The molecule has 0 bridgehead atoms. The van der Waals surface area contributed by atoms with Crippen LogP contribution in [0.25, 0.3) is 0 Å². The monoisotopic (exact) mass is 446 g/mol. The number of alkyl halides is 3. The van der Waals surface area contributed by atoms with E-state index in [2.05, 4.69) is 31.2 Å². The summed E-state index contributed by atoms with van der Waals surface area (Å²) in [6.45, 7) is 2.62. The Morgan fingerprint density at radius 3 is 2.03 bits per heavy atom. The van der Waals surface area contributed by atoms with Crippen molar-refractivity contribution in [3.8, 4) is 5.75 Å². The van der Waals surface area contributed by atoms with Crippen molar-refractivity contribution in [2.75, 3.05) is 0 Å². The molecule has 0 aromatic heterocycles. The molecule has 1 aliphatic rings. The van der Waals surface area contributed by atoms with Crippen LogP contribution in [-0.2, 0) is 12.8 Å². The number of hydrogen-bond acceptors (Lipinski definition) is 1. The van der Waals surface area contributed by atoms with Crippen molar-refractivity contribution in [1.29, 1.82) is 0 Å². The topological polar surface area (TPSA) is 9.23 Å². The van der Waals surface area contributed by atoms with E-state index in [1.165, 1.54) is 88.3 Å². The van der Waals surface area contributed by atoms with Crippen LogP contribution in [0, 0.1) is 5.92 Å². The van der Waals surface area contributed by atoms with Crippen LogP contribution in [0.2, 0.25) is 0 Å². The van der Waals surface area contributed by atoms with E-state index in [-0.39, 0.29) is 0 Å². The molecule has 1 saturated carbocycles. The van der Waals surface area contributed by atoms with Crippen LogP contribution in [0.4, 0.5) is 13.2 Å². The van der Waals surface area contributed by atoms with Crippen LogP contribution in [0.5, 0.6) is 5.75 Å². The number of rotatable bonds is 11. The number of halogens is 3. The molecule has 0 atom stereocenters. The lowest BCUT2D eigenvalue weighted by Gasteiger charge is -2.29. The highest BCUT2D eigenvalue weighted by Gasteiger charge is 2.30. The molecule has 3 rings (SSSR count). The molecule has 0 amide bonds. The number of ether oxygens (including phenoxy) is 1. The summed E-state index contributed by atoms with van der Waals surface area (Å²) in [4.78, 5) is 0. The van der Waals surface area contributed by atoms with Gasteiger partial charge in [0.05, 0.1) is 5.56 Å². The maximum absolute atomic E-state index is 12.6. The molecule has 4 heteroatoms. The minimum Gasteiger partial charge on any atom is -0.489 e. The van der Waals surface area contributed by atoms with E-state index in [9.17, 15) is 13.2 Å². The van der Waals surface area contributed by atoms with Crippen molar-refractivity contribution in [1.82, 2.24) is 0 Å². The Morgan fingerprint density at radius 2 is 1.41 bits per heavy atom. The standard InChI is InChI=1S/C28H37F3O/c1-2-3-4-5-6-7-8-22-9-13-24(14-10-22)25-15-11-23(12-16-25)21-32-27-19-17-26(18-20-27)28(29,30)31/h11-12,15-20,22,24H,2-10,13-14,21H2,1H3/t22-,24-. The zero-order valence-corrected chi connectivity index (χ0v) is 19.3. The van der Waals surface area contributed by atoms with Crippen LogP contribution in [0.3, 0.4) is 0 Å². The van der Waals surface area contributed by atoms with Gasteiger partial charge in [-0.3, -0.25) is 0 Å². The van der Waals surface area contributed by atoms with E-state index >= 15 is 0 Å². The second kappa shape index (κ2) is 12.3. The molecule has 0 aliphatic heterocycles. The van der Waals surface area contributed by atoms with Crippen LogP contribution in [0.1, 0.15) is 100 Å². The average molecular weight is 447 g/mol. The molecule has 32 heavy (non-hydrogen) atoms. The summed E-state index contributed by atoms with van der Waals surface area (Å²) in [5.74, 6) is 2.01. The highest BCUT2D eigenvalue weighted by molar-refractivity contribution is 5.30. The normalized spacial score (nSPS) is 19.1. The van der Waals surface area contributed by atoms with Gasteiger partial charge in [-0.1, -0.05) is 76.1 Å². The quantitative estimate of drug-likeness (QED) is 0.312. The molecule has 2 aromatic carbocycles. The van der Waals surface area contributed by atoms with E-state index in [0.29, 0.717) is 18.3 Å². The Bertz CT molecular complexity index is 772. The minimum absolute atomic E-state index is 0.358. The molecule has 1 fully saturated rings. The van der Waals surface area contributed by atoms with Crippen molar-refractivity contribution < 1.29 is 17.9 Å². The first-order chi connectivity index (χ1) is 15.5. The molecule has 2 aromatic rings. The molecule has 176 valence electrons. The van der Waals surface area contributed by atoms with Crippen molar-refractivity contribution in [2.24, 2.45) is 5.92 Å². The fourth-order valence-corrected chi connectivity index (χ4v) is 4.79. The molecule has 0 radical (unpaired) electrons. The van der Waals surface area contributed by atoms with E-state index in [1.54, 1.807) is 0 Å². The summed E-state index contributed by atoms with van der Waals surface area (Å²) in [6, 6.07) is 13.4. The molecular weight excluding hydrogens is 409 g/mol. The first kappa shape index (κ1) is 24.7. The third kappa shape index (κ3) is 7.86. The highest BCUT2D eigenvalue weighted by Crippen LogP contribution is 2.38. The fourth-order valence-electron chi connectivity index (χ4n) is 4.79. The summed E-state index contributed by atoms with van der Waals surface area (Å²) in [6.07, 6.45) is 10.6. The second-order valence-electron chi connectivity index (χ2n) is 9.33. The molecule has 0 N–H and O–H groups in total. The van der Waals surface area contributed by atoms with E-state index in [4.69, 9.17) is 4.74 Å². The maximum atomic E-state index is 12.6. The molecule has 1 aliphatic carbocycles. The van der Waals surface area contributed by atoms with Gasteiger partial charge in [0, 0.05) is 0 Å². The molecular formula is C28H37F3O. The largest absolute Gasteiger partial charge is 0.489 e. The average Bonchev–Trinajstić information content (AvgIpc) is 2.80. The Labute approximate surface area is 191 Å². The molecule has 0 saturated heterocycles. The Kier molecular flexibility index (Phi) is 9.50. The van der Waals surface area contributed by atoms with Gasteiger partial charge in [0.1, 0.15) is 12.4 Å². The predicted octanol–water partition coefficient (Wildman–Crippen LogP) is 9.31. The summed E-state index contributed by atoms with van der Waals surface area (Å²) < 4.78 is 43.6. The Balaban J connectivity index is 1.37. The van der Waals surface area contributed by atoms with Crippen LogP contribution < -0.4 is 4.74 Å². The molecule has 0 heterocycles. The van der Waals surface area contributed by atoms with Crippen LogP contribution in [0.15, 0.2) is 48.5 Å². The summed E-state index contributed by atoms with van der Waals surface area (Å²) in [7, 11) is 0. The second-order valence-corrected chi connectivity index (χ2v) is 9.33. The predicted molar refractivity (Wildman–Crippen MR) is 125 cm³/mol. The van der Waals surface area contributed by atoms with Gasteiger partial charge in [0.15, 0.2) is 0 Å². The van der Waals surface area contributed by atoms with Gasteiger partial charge in [-0.15, -0.1) is 0 Å². The molecule has 0 unspecified atom stereocenters. The number of unbranched alkanes of at least 4 members (excludes halogenated alkanes) is 5. The maximum Gasteiger partial charge on any atom is 0.416 e. The number of benzene rings is 2. The minimum atomic E-state index is -4.32. The van der Waals surface area contributed by atoms with Crippen molar-refractivity contribution in [3.05, 3.63) is 65.2 Å². The van der Waals surface area contributed by atoms with E-state index in [0.717, 1.165) is 23.6 Å². The SMILES string of the molecule is CCCCCCCC[C@H]1CC[C@H](c2ccc(COc3ccc(C(F)(F)F)cc3)cc2)CC1. The fraction of sp³-hybridized carbons (Fsp3) is 0.571. The van der Waals surface area contributed by atoms with Gasteiger partial charge >= 0.3 is 6.18 Å². The summed E-state index contributed by atoms with van der Waals surface area (Å²) in [5, 5.41) is 0. The third-order valence-corrected chi connectivity index (χ3v) is 6.85. The summed E-state index contributed by atoms with van der Waals surface area (Å²) >= 11 is 0. The van der Waals surface area contributed by atoms with Gasteiger partial charge in [-0.05, 0) is 72.9 Å². The lowest BCUT2D eigenvalue weighted by atomic mass is 9.77. The number of hydrogen-bond donors (Lipinski definition) is 0. The zero-order valence-electron chi connectivity index (χ0n) is 19.3. The lowest BCUT2D eigenvalue weighted by Crippen LogP contribution is -2.13. The van der Waals surface area contributed by atoms with Gasteiger partial charge in [0.25, 0.3) is 0 Å². The smallest absolute Gasteiger partial charge is 0.416 e. The molecule has 1 nitrogen and oxygen atoms in total. The summed E-state index contributed by atoms with van der Waals surface area (Å²) in [5.41, 5.74) is 1.78.